The molecule has 0 N–H and O–H groups in total. The Morgan fingerprint density at radius 2 is 1.13 bits per heavy atom. The average Bonchev–Trinajstić information content (AvgIpc) is 3.60. The van der Waals surface area contributed by atoms with E-state index >= 15 is 0 Å². The molecule has 0 bridgehead atoms. The van der Waals surface area contributed by atoms with Gasteiger partial charge in [-0.15, -0.1) is 0 Å². The predicted molar refractivity (Wildman–Crippen MR) is 159 cm³/mol. The molecule has 184 valence electrons. The Hall–Kier alpha value is -5.35. The number of rotatable bonds is 4. The van der Waals surface area contributed by atoms with Crippen molar-refractivity contribution < 1.29 is 8.83 Å². The van der Waals surface area contributed by atoms with Gasteiger partial charge in [0.1, 0.15) is 16.7 Å². The summed E-state index contributed by atoms with van der Waals surface area (Å²) in [7, 11) is 0. The van der Waals surface area contributed by atoms with Crippen LogP contribution in [0.1, 0.15) is 0 Å². The fourth-order valence-corrected chi connectivity index (χ4v) is 5.48. The van der Waals surface area contributed by atoms with E-state index in [1.165, 1.54) is 0 Å². The van der Waals surface area contributed by atoms with E-state index in [0.717, 1.165) is 66.4 Å². The molecule has 0 aliphatic heterocycles. The van der Waals surface area contributed by atoms with Gasteiger partial charge in [-0.05, 0) is 48.5 Å². The van der Waals surface area contributed by atoms with Crippen LogP contribution in [0.5, 0.6) is 0 Å². The van der Waals surface area contributed by atoms with Crippen LogP contribution in [0.2, 0.25) is 0 Å². The molecule has 0 aliphatic rings. The van der Waals surface area contributed by atoms with Gasteiger partial charge in [0.25, 0.3) is 0 Å². The van der Waals surface area contributed by atoms with Gasteiger partial charge in [-0.3, -0.25) is 0 Å². The van der Waals surface area contributed by atoms with Crippen LogP contribution in [0.4, 0.5) is 17.1 Å². The molecular weight excluding hydrogens is 480 g/mol. The lowest BCUT2D eigenvalue weighted by molar-refractivity contribution is 0.620. The predicted octanol–water partition coefficient (Wildman–Crippen LogP) is 10.0. The highest BCUT2D eigenvalue weighted by atomic mass is 16.3. The van der Waals surface area contributed by atoms with Gasteiger partial charge >= 0.3 is 0 Å². The van der Waals surface area contributed by atoms with Gasteiger partial charge in [0.15, 0.2) is 5.58 Å². The van der Waals surface area contributed by atoms with Crippen LogP contribution < -0.4 is 4.90 Å². The number of furan rings is 1. The van der Waals surface area contributed by atoms with Gasteiger partial charge in [-0.2, -0.15) is 0 Å². The maximum atomic E-state index is 6.39. The zero-order valence-electron chi connectivity index (χ0n) is 20.9. The van der Waals surface area contributed by atoms with Crippen molar-refractivity contribution in [3.05, 3.63) is 133 Å². The molecule has 8 aromatic rings. The van der Waals surface area contributed by atoms with Crippen LogP contribution in [0.15, 0.2) is 142 Å². The molecule has 39 heavy (non-hydrogen) atoms. The van der Waals surface area contributed by atoms with Crippen LogP contribution in [-0.2, 0) is 0 Å². The van der Waals surface area contributed by atoms with E-state index in [2.05, 4.69) is 89.8 Å². The molecular formula is C35H22N2O2. The lowest BCUT2D eigenvalue weighted by atomic mass is 10.0. The molecule has 0 fully saturated rings. The third kappa shape index (κ3) is 3.50. The van der Waals surface area contributed by atoms with Crippen LogP contribution in [0.25, 0.3) is 55.3 Å². The van der Waals surface area contributed by atoms with Gasteiger partial charge in [0.2, 0.25) is 5.89 Å². The molecule has 4 heteroatoms. The summed E-state index contributed by atoms with van der Waals surface area (Å²) in [6.45, 7) is 0. The summed E-state index contributed by atoms with van der Waals surface area (Å²) in [5.41, 5.74) is 7.43. The zero-order chi connectivity index (χ0) is 25.8. The number of hydrogen-bond acceptors (Lipinski definition) is 4. The van der Waals surface area contributed by atoms with Crippen LogP contribution in [-0.4, -0.2) is 4.98 Å². The van der Waals surface area contributed by atoms with Crippen molar-refractivity contribution in [3.8, 4) is 11.5 Å². The molecule has 0 aliphatic carbocycles. The average molecular weight is 503 g/mol. The second-order valence-corrected chi connectivity index (χ2v) is 9.62. The topological polar surface area (TPSA) is 42.4 Å². The summed E-state index contributed by atoms with van der Waals surface area (Å²) >= 11 is 0. The summed E-state index contributed by atoms with van der Waals surface area (Å²) in [5.74, 6) is 0.616. The Balaban J connectivity index is 1.41. The Bertz CT molecular complexity index is 2130. The number of anilines is 3. The standard InChI is InChI=1S/C35H22N2O2/c1-3-11-23(12-4-1)35-36-34-28-17-8-7-15-26(28)30(22-33(34)39-35)37(24-13-5-2-6-14-24)25-19-20-32-29(21-25)27-16-9-10-18-31(27)38-32/h1-22H. The highest BCUT2D eigenvalue weighted by Crippen LogP contribution is 2.44. The normalized spacial score (nSPS) is 11.6. The van der Waals surface area contributed by atoms with Gasteiger partial charge in [0.05, 0.1) is 5.69 Å². The van der Waals surface area contributed by atoms with Gasteiger partial charge in [0, 0.05) is 44.5 Å². The molecule has 6 aromatic carbocycles. The molecule has 4 nitrogen and oxygen atoms in total. The van der Waals surface area contributed by atoms with Gasteiger partial charge in [-0.1, -0.05) is 78.9 Å². The number of para-hydroxylation sites is 2. The number of benzene rings is 6. The third-order valence-corrected chi connectivity index (χ3v) is 7.27. The summed E-state index contributed by atoms with van der Waals surface area (Å²) in [6, 6.07) is 45.6. The van der Waals surface area contributed by atoms with Crippen molar-refractivity contribution in [2.45, 2.75) is 0 Å². The van der Waals surface area contributed by atoms with Crippen molar-refractivity contribution in [2.75, 3.05) is 4.90 Å². The van der Waals surface area contributed by atoms with E-state index in [1.54, 1.807) is 0 Å². The number of oxazole rings is 1. The summed E-state index contributed by atoms with van der Waals surface area (Å²) in [4.78, 5) is 7.21. The lowest BCUT2D eigenvalue weighted by Crippen LogP contribution is -2.10. The molecule has 0 atom stereocenters. The van der Waals surface area contributed by atoms with Gasteiger partial charge in [-0.25, -0.2) is 4.98 Å². The Labute approximate surface area is 224 Å². The molecule has 0 amide bonds. The molecule has 0 radical (unpaired) electrons. The monoisotopic (exact) mass is 502 g/mol. The Morgan fingerprint density at radius 3 is 1.95 bits per heavy atom. The largest absolute Gasteiger partial charge is 0.456 e. The number of fused-ring (bicyclic) bond motifs is 6. The molecule has 2 aromatic heterocycles. The third-order valence-electron chi connectivity index (χ3n) is 7.27. The maximum Gasteiger partial charge on any atom is 0.227 e. The number of hydrogen-bond donors (Lipinski definition) is 0. The SMILES string of the molecule is c1ccc(-c2nc3c(cc(N(c4ccccc4)c4ccc5oc6ccccc6c5c4)c4ccccc43)o2)cc1. The van der Waals surface area contributed by atoms with E-state index in [-0.39, 0.29) is 0 Å². The molecule has 0 unspecified atom stereocenters. The summed E-state index contributed by atoms with van der Waals surface area (Å²) in [6.07, 6.45) is 0. The van der Waals surface area contributed by atoms with Gasteiger partial charge < -0.3 is 13.7 Å². The second kappa shape index (κ2) is 8.61. The van der Waals surface area contributed by atoms with Crippen LogP contribution in [0, 0.1) is 0 Å². The van der Waals surface area contributed by atoms with Crippen molar-refractivity contribution in [1.82, 2.24) is 4.98 Å². The minimum absolute atomic E-state index is 0.616. The smallest absolute Gasteiger partial charge is 0.227 e. The van der Waals surface area contributed by atoms with E-state index in [0.29, 0.717) is 5.89 Å². The number of aromatic nitrogens is 1. The van der Waals surface area contributed by atoms with Crippen molar-refractivity contribution in [3.63, 3.8) is 0 Å². The van der Waals surface area contributed by atoms with Crippen molar-refractivity contribution in [2.24, 2.45) is 0 Å². The zero-order valence-corrected chi connectivity index (χ0v) is 20.9. The van der Waals surface area contributed by atoms with E-state index < -0.39 is 0 Å². The highest BCUT2D eigenvalue weighted by Gasteiger charge is 2.21. The Kier molecular flexibility index (Phi) is 4.79. The van der Waals surface area contributed by atoms with Crippen molar-refractivity contribution >= 4 is 60.9 Å². The molecule has 0 saturated carbocycles. The first-order valence-corrected chi connectivity index (χ1v) is 13.0. The maximum absolute atomic E-state index is 6.39. The van der Waals surface area contributed by atoms with E-state index in [9.17, 15) is 0 Å². The fourth-order valence-electron chi connectivity index (χ4n) is 5.48. The molecule has 0 spiro atoms. The summed E-state index contributed by atoms with van der Waals surface area (Å²) < 4.78 is 12.5. The van der Waals surface area contributed by atoms with E-state index in [1.807, 2.05) is 48.5 Å². The highest BCUT2D eigenvalue weighted by molar-refractivity contribution is 6.13. The fraction of sp³-hybridized carbons (Fsp3) is 0. The minimum atomic E-state index is 0.616. The van der Waals surface area contributed by atoms with Crippen molar-refractivity contribution in [1.29, 1.82) is 0 Å². The van der Waals surface area contributed by atoms with Crippen LogP contribution >= 0.6 is 0 Å². The molecule has 8 rings (SSSR count). The lowest BCUT2D eigenvalue weighted by Gasteiger charge is -2.27. The first kappa shape index (κ1) is 21.7. The van der Waals surface area contributed by atoms with Crippen LogP contribution in [0.3, 0.4) is 0 Å². The minimum Gasteiger partial charge on any atom is -0.456 e. The number of nitrogens with zero attached hydrogens (tertiary/aromatic N) is 2. The molecule has 0 saturated heterocycles. The first-order chi connectivity index (χ1) is 19.3. The first-order valence-electron chi connectivity index (χ1n) is 13.0. The Morgan fingerprint density at radius 1 is 0.462 bits per heavy atom. The summed E-state index contributed by atoms with van der Waals surface area (Å²) in [5, 5.41) is 4.33. The quantitative estimate of drug-likeness (QED) is 0.240. The molecule has 2 heterocycles. The van der Waals surface area contributed by atoms with E-state index in [4.69, 9.17) is 13.8 Å². The second-order valence-electron chi connectivity index (χ2n) is 9.62.